The van der Waals surface area contributed by atoms with Gasteiger partial charge in [0.1, 0.15) is 0 Å². The van der Waals surface area contributed by atoms with Gasteiger partial charge in [-0.2, -0.15) is 0 Å². The normalized spacial score (nSPS) is 21.7. The van der Waals surface area contributed by atoms with E-state index < -0.39 is 0 Å². The topological polar surface area (TPSA) is 40.1 Å². The fraction of sp³-hybridized carbons (Fsp3) is 0.500. The summed E-state index contributed by atoms with van der Waals surface area (Å²) in [5, 5.41) is 6.08. The molecule has 0 aliphatic carbocycles. The van der Waals surface area contributed by atoms with Gasteiger partial charge < -0.3 is 15.0 Å². The Labute approximate surface area is 162 Å². The Morgan fingerprint density at radius 2 is 1.93 bits per heavy atom. The SMILES string of the molecule is CCNC(=NCc1cccc2ccccc12)N1CCC(N2CCOCC2)C1. The van der Waals surface area contributed by atoms with Crippen LogP contribution < -0.4 is 5.32 Å². The van der Waals surface area contributed by atoms with Crippen molar-refractivity contribution in [3.8, 4) is 0 Å². The predicted molar refractivity (Wildman–Crippen MR) is 111 cm³/mol. The number of ether oxygens (including phenoxy) is 1. The van der Waals surface area contributed by atoms with E-state index in [1.807, 2.05) is 0 Å². The minimum Gasteiger partial charge on any atom is -0.379 e. The fourth-order valence-electron chi connectivity index (χ4n) is 4.19. The second-order valence-corrected chi connectivity index (χ2v) is 7.35. The number of likely N-dealkylation sites (tertiary alicyclic amines) is 1. The summed E-state index contributed by atoms with van der Waals surface area (Å²) in [7, 11) is 0. The average molecular weight is 367 g/mol. The summed E-state index contributed by atoms with van der Waals surface area (Å²) >= 11 is 0. The van der Waals surface area contributed by atoms with E-state index in [0.29, 0.717) is 12.6 Å². The van der Waals surface area contributed by atoms with E-state index in [4.69, 9.17) is 9.73 Å². The van der Waals surface area contributed by atoms with Crippen molar-refractivity contribution in [2.24, 2.45) is 4.99 Å². The molecule has 0 amide bonds. The zero-order chi connectivity index (χ0) is 18.5. The molecule has 5 heteroatoms. The zero-order valence-electron chi connectivity index (χ0n) is 16.2. The number of fused-ring (bicyclic) bond motifs is 1. The van der Waals surface area contributed by atoms with E-state index in [0.717, 1.165) is 51.9 Å². The fourth-order valence-corrected chi connectivity index (χ4v) is 4.19. The van der Waals surface area contributed by atoms with Gasteiger partial charge in [0.05, 0.1) is 19.8 Å². The first kappa shape index (κ1) is 18.3. The highest BCUT2D eigenvalue weighted by Gasteiger charge is 2.30. The number of hydrogen-bond donors (Lipinski definition) is 1. The zero-order valence-corrected chi connectivity index (χ0v) is 16.2. The van der Waals surface area contributed by atoms with Gasteiger partial charge in [0.25, 0.3) is 0 Å². The van der Waals surface area contributed by atoms with Crippen LogP contribution in [0.15, 0.2) is 47.5 Å². The highest BCUT2D eigenvalue weighted by Crippen LogP contribution is 2.20. The molecule has 2 heterocycles. The van der Waals surface area contributed by atoms with Gasteiger partial charge in [-0.25, -0.2) is 4.99 Å². The molecule has 1 N–H and O–H groups in total. The van der Waals surface area contributed by atoms with Crippen LogP contribution in [0.3, 0.4) is 0 Å². The van der Waals surface area contributed by atoms with Crippen molar-refractivity contribution in [1.82, 2.24) is 15.1 Å². The molecule has 2 aliphatic heterocycles. The maximum Gasteiger partial charge on any atom is 0.194 e. The van der Waals surface area contributed by atoms with Crippen molar-refractivity contribution in [3.63, 3.8) is 0 Å². The van der Waals surface area contributed by atoms with Gasteiger partial charge in [-0.1, -0.05) is 42.5 Å². The van der Waals surface area contributed by atoms with Gasteiger partial charge >= 0.3 is 0 Å². The Morgan fingerprint density at radius 3 is 2.78 bits per heavy atom. The van der Waals surface area contributed by atoms with Crippen LogP contribution in [0.1, 0.15) is 18.9 Å². The third-order valence-electron chi connectivity index (χ3n) is 5.64. The quantitative estimate of drug-likeness (QED) is 0.667. The van der Waals surface area contributed by atoms with E-state index in [2.05, 4.69) is 64.5 Å². The Hall–Kier alpha value is -2.11. The summed E-state index contributed by atoms with van der Waals surface area (Å²) in [4.78, 5) is 9.99. The Balaban J connectivity index is 1.47. The van der Waals surface area contributed by atoms with Crippen LogP contribution in [0, 0.1) is 0 Å². The van der Waals surface area contributed by atoms with Crippen LogP contribution in [0.5, 0.6) is 0 Å². The molecule has 0 bridgehead atoms. The third-order valence-corrected chi connectivity index (χ3v) is 5.64. The number of aliphatic imine (C=N–C) groups is 1. The molecule has 2 saturated heterocycles. The highest BCUT2D eigenvalue weighted by molar-refractivity contribution is 5.86. The second-order valence-electron chi connectivity index (χ2n) is 7.35. The minimum atomic E-state index is 0.621. The summed E-state index contributed by atoms with van der Waals surface area (Å²) in [6.07, 6.45) is 1.21. The monoisotopic (exact) mass is 366 g/mol. The lowest BCUT2D eigenvalue weighted by atomic mass is 10.1. The van der Waals surface area contributed by atoms with Crippen LogP contribution in [0.4, 0.5) is 0 Å². The molecule has 2 aromatic carbocycles. The van der Waals surface area contributed by atoms with Crippen molar-refractivity contribution in [3.05, 3.63) is 48.0 Å². The first-order valence-corrected chi connectivity index (χ1v) is 10.2. The van der Waals surface area contributed by atoms with E-state index in [9.17, 15) is 0 Å². The summed E-state index contributed by atoms with van der Waals surface area (Å²) < 4.78 is 5.50. The van der Waals surface area contributed by atoms with E-state index >= 15 is 0 Å². The average Bonchev–Trinajstić information content (AvgIpc) is 3.22. The van der Waals surface area contributed by atoms with Crippen LogP contribution in [0.25, 0.3) is 10.8 Å². The molecule has 4 rings (SSSR count). The Kier molecular flexibility index (Phi) is 5.90. The molecule has 0 radical (unpaired) electrons. The second kappa shape index (κ2) is 8.72. The number of benzene rings is 2. The maximum atomic E-state index is 5.50. The molecule has 2 fully saturated rings. The van der Waals surface area contributed by atoms with Gasteiger partial charge in [-0.3, -0.25) is 4.90 Å². The van der Waals surface area contributed by atoms with E-state index in [1.54, 1.807) is 0 Å². The van der Waals surface area contributed by atoms with Crippen molar-refractivity contribution in [2.45, 2.75) is 25.9 Å². The van der Waals surface area contributed by atoms with Crippen molar-refractivity contribution in [2.75, 3.05) is 45.9 Å². The summed E-state index contributed by atoms with van der Waals surface area (Å²) in [6, 6.07) is 15.7. The number of nitrogens with one attached hydrogen (secondary N) is 1. The molecule has 0 saturated carbocycles. The molecule has 5 nitrogen and oxygen atoms in total. The molecule has 1 atom stereocenters. The first-order valence-electron chi connectivity index (χ1n) is 10.2. The molecule has 27 heavy (non-hydrogen) atoms. The van der Waals surface area contributed by atoms with E-state index in [1.165, 1.54) is 22.8 Å². The maximum absolute atomic E-state index is 5.50. The number of guanidine groups is 1. The lowest BCUT2D eigenvalue weighted by Crippen LogP contribution is -2.46. The minimum absolute atomic E-state index is 0.621. The number of nitrogens with zero attached hydrogens (tertiary/aromatic N) is 3. The lowest BCUT2D eigenvalue weighted by molar-refractivity contribution is 0.0195. The van der Waals surface area contributed by atoms with E-state index in [-0.39, 0.29) is 0 Å². The summed E-state index contributed by atoms with van der Waals surface area (Å²) in [6.45, 7) is 9.73. The van der Waals surface area contributed by atoms with Crippen molar-refractivity contribution < 1.29 is 4.74 Å². The number of hydrogen-bond acceptors (Lipinski definition) is 3. The third kappa shape index (κ3) is 4.25. The first-order chi connectivity index (χ1) is 13.3. The number of rotatable bonds is 4. The number of morpholine rings is 1. The smallest absolute Gasteiger partial charge is 0.194 e. The molecule has 0 aromatic heterocycles. The molecular weight excluding hydrogens is 336 g/mol. The predicted octanol–water partition coefficient (Wildman–Crippen LogP) is 2.71. The Bertz CT molecular complexity index is 779. The van der Waals surface area contributed by atoms with Gasteiger partial charge in [0.2, 0.25) is 0 Å². The van der Waals surface area contributed by atoms with Crippen LogP contribution in [0.2, 0.25) is 0 Å². The van der Waals surface area contributed by atoms with Crippen LogP contribution in [-0.2, 0) is 11.3 Å². The van der Waals surface area contributed by atoms with Gasteiger partial charge in [-0.15, -0.1) is 0 Å². The molecular formula is C22H30N4O. The van der Waals surface area contributed by atoms with Crippen molar-refractivity contribution >= 4 is 16.7 Å². The molecule has 2 aliphatic rings. The Morgan fingerprint density at radius 1 is 1.11 bits per heavy atom. The van der Waals surface area contributed by atoms with Gasteiger partial charge in [-0.05, 0) is 29.7 Å². The van der Waals surface area contributed by atoms with Crippen molar-refractivity contribution in [1.29, 1.82) is 0 Å². The van der Waals surface area contributed by atoms with Gasteiger partial charge in [0.15, 0.2) is 5.96 Å². The summed E-state index contributed by atoms with van der Waals surface area (Å²) in [5.74, 6) is 1.04. The molecule has 1 unspecified atom stereocenters. The van der Waals surface area contributed by atoms with Crippen LogP contribution >= 0.6 is 0 Å². The largest absolute Gasteiger partial charge is 0.379 e. The highest BCUT2D eigenvalue weighted by atomic mass is 16.5. The lowest BCUT2D eigenvalue weighted by Gasteiger charge is -2.32. The molecule has 2 aromatic rings. The molecule has 144 valence electrons. The molecule has 0 spiro atoms. The summed E-state index contributed by atoms with van der Waals surface area (Å²) in [5.41, 5.74) is 1.28. The van der Waals surface area contributed by atoms with Gasteiger partial charge in [0, 0.05) is 38.8 Å². The van der Waals surface area contributed by atoms with Crippen LogP contribution in [-0.4, -0.2) is 67.7 Å². The standard InChI is InChI=1S/C22H30N4O/c1-2-23-22(26-11-10-20(17-26)25-12-14-27-15-13-25)24-16-19-8-5-7-18-6-3-4-9-21(18)19/h3-9,20H,2,10-17H2,1H3,(H,23,24).